The molecule has 17 heavy (non-hydrogen) atoms. The summed E-state index contributed by atoms with van der Waals surface area (Å²) >= 11 is 0. The number of carbonyl (C=O) groups excluding carboxylic acids is 1. The van der Waals surface area contributed by atoms with E-state index in [1.165, 1.54) is 18.3 Å². The van der Waals surface area contributed by atoms with E-state index in [-0.39, 0.29) is 28.6 Å². The van der Waals surface area contributed by atoms with Crippen LogP contribution in [-0.4, -0.2) is 26.3 Å². The van der Waals surface area contributed by atoms with E-state index in [1.54, 1.807) is 0 Å². The molecule has 1 heterocycles. The summed E-state index contributed by atoms with van der Waals surface area (Å²) in [6.07, 6.45) is 1.35. The third-order valence-corrected chi connectivity index (χ3v) is 2.13. The van der Waals surface area contributed by atoms with Gasteiger partial charge in [-0.2, -0.15) is 5.10 Å². The number of hydrogen-bond acceptors (Lipinski definition) is 5. The Kier molecular flexibility index (Phi) is 2.57. The number of nitrogens with two attached hydrogens (primary N) is 1. The molecule has 7 heteroatoms. The predicted octanol–water partition coefficient (Wildman–Crippen LogP) is 0.655. The van der Waals surface area contributed by atoms with E-state index in [0.29, 0.717) is 0 Å². The molecule has 6 N–H and O–H groups in total. The molecule has 0 bridgehead atoms. The molecule has 0 spiro atoms. The zero-order valence-electron chi connectivity index (χ0n) is 8.64. The highest BCUT2D eigenvalue weighted by atomic mass is 16.3. The number of aromatic nitrogens is 2. The van der Waals surface area contributed by atoms with Crippen molar-refractivity contribution in [2.45, 2.75) is 0 Å². The van der Waals surface area contributed by atoms with Gasteiger partial charge in [0.15, 0.2) is 5.82 Å². The fraction of sp³-hybridized carbons (Fsp3) is 0. The van der Waals surface area contributed by atoms with Gasteiger partial charge in [-0.05, 0) is 18.2 Å². The van der Waals surface area contributed by atoms with Crippen LogP contribution in [0.5, 0.6) is 11.5 Å². The molecule has 2 aromatic rings. The molecule has 2 rings (SSSR count). The molecule has 7 nitrogen and oxygen atoms in total. The lowest BCUT2D eigenvalue weighted by Gasteiger charge is -2.06. The smallest absolute Gasteiger partial charge is 0.260 e. The fourth-order valence-electron chi connectivity index (χ4n) is 1.28. The Hall–Kier alpha value is -2.70. The Morgan fingerprint density at radius 2 is 2.18 bits per heavy atom. The van der Waals surface area contributed by atoms with Gasteiger partial charge in [-0.25, -0.2) is 0 Å². The minimum absolute atomic E-state index is 0.0565. The number of rotatable bonds is 2. The zero-order valence-corrected chi connectivity index (χ0v) is 8.64. The number of anilines is 2. The van der Waals surface area contributed by atoms with E-state index in [4.69, 9.17) is 5.73 Å². The molecule has 0 atom stereocenters. The van der Waals surface area contributed by atoms with Crippen molar-refractivity contribution in [3.05, 3.63) is 30.0 Å². The van der Waals surface area contributed by atoms with Crippen molar-refractivity contribution < 1.29 is 15.0 Å². The zero-order chi connectivity index (χ0) is 12.4. The quantitative estimate of drug-likeness (QED) is 0.488. The van der Waals surface area contributed by atoms with Crippen LogP contribution in [0.1, 0.15) is 10.4 Å². The number of phenolic OH excluding ortho intramolecular Hbond substituents is 2. The number of aromatic amines is 1. The van der Waals surface area contributed by atoms with Crippen LogP contribution in [0.4, 0.5) is 11.5 Å². The number of benzene rings is 1. The number of amides is 1. The minimum atomic E-state index is -0.602. The third-order valence-electron chi connectivity index (χ3n) is 2.13. The molecule has 0 aliphatic heterocycles. The van der Waals surface area contributed by atoms with Gasteiger partial charge >= 0.3 is 0 Å². The summed E-state index contributed by atoms with van der Waals surface area (Å²) in [5, 5.41) is 27.2. The average Bonchev–Trinajstić information content (AvgIpc) is 2.68. The monoisotopic (exact) mass is 234 g/mol. The Labute approximate surface area is 95.9 Å². The van der Waals surface area contributed by atoms with Crippen LogP contribution >= 0.6 is 0 Å². The van der Waals surface area contributed by atoms with Gasteiger partial charge in [0.05, 0.1) is 17.4 Å². The molecule has 0 saturated carbocycles. The van der Waals surface area contributed by atoms with Crippen molar-refractivity contribution in [3.63, 3.8) is 0 Å². The van der Waals surface area contributed by atoms with E-state index < -0.39 is 5.91 Å². The summed E-state index contributed by atoms with van der Waals surface area (Å²) in [4.78, 5) is 11.8. The number of aromatic hydroxyl groups is 2. The number of H-pyrrole nitrogens is 1. The Morgan fingerprint density at radius 1 is 1.41 bits per heavy atom. The third kappa shape index (κ3) is 2.12. The number of carbonyl (C=O) groups is 1. The fourth-order valence-corrected chi connectivity index (χ4v) is 1.28. The van der Waals surface area contributed by atoms with E-state index >= 15 is 0 Å². The van der Waals surface area contributed by atoms with Gasteiger partial charge in [0.1, 0.15) is 11.5 Å². The van der Waals surface area contributed by atoms with Crippen LogP contribution in [0.15, 0.2) is 24.4 Å². The van der Waals surface area contributed by atoms with Crippen LogP contribution < -0.4 is 11.1 Å². The maximum Gasteiger partial charge on any atom is 0.260 e. The van der Waals surface area contributed by atoms with Crippen LogP contribution in [0.25, 0.3) is 0 Å². The lowest BCUT2D eigenvalue weighted by molar-refractivity contribution is 0.102. The highest BCUT2D eigenvalue weighted by Gasteiger charge is 2.14. The van der Waals surface area contributed by atoms with Crippen LogP contribution in [0, 0.1) is 0 Å². The molecule has 0 unspecified atom stereocenters. The van der Waals surface area contributed by atoms with Crippen molar-refractivity contribution in [1.29, 1.82) is 0 Å². The first-order valence-corrected chi connectivity index (χ1v) is 4.70. The molecule has 0 fully saturated rings. The normalized spacial score (nSPS) is 10.1. The summed E-state index contributed by atoms with van der Waals surface area (Å²) in [5.41, 5.74) is 5.73. The van der Waals surface area contributed by atoms with Crippen molar-refractivity contribution in [2.75, 3.05) is 11.1 Å². The molecule has 1 aromatic carbocycles. The molecular weight excluding hydrogens is 224 g/mol. The molecule has 88 valence electrons. The Balaban J connectivity index is 2.26. The minimum Gasteiger partial charge on any atom is -0.508 e. The number of nitrogen functional groups attached to an aromatic ring is 1. The highest BCUT2D eigenvalue weighted by molar-refractivity contribution is 6.07. The van der Waals surface area contributed by atoms with Gasteiger partial charge in [0.2, 0.25) is 0 Å². The molecule has 1 amide bonds. The highest BCUT2D eigenvalue weighted by Crippen LogP contribution is 2.23. The molecule has 0 saturated heterocycles. The Bertz CT molecular complexity index is 564. The molecule has 0 aliphatic carbocycles. The summed E-state index contributed by atoms with van der Waals surface area (Å²) in [5.74, 6) is -0.726. The van der Waals surface area contributed by atoms with Gasteiger partial charge in [-0.1, -0.05) is 0 Å². The van der Waals surface area contributed by atoms with Crippen LogP contribution in [-0.2, 0) is 0 Å². The van der Waals surface area contributed by atoms with Gasteiger partial charge in [0, 0.05) is 0 Å². The van der Waals surface area contributed by atoms with Crippen molar-refractivity contribution in [2.24, 2.45) is 0 Å². The molecule has 1 aromatic heterocycles. The van der Waals surface area contributed by atoms with Crippen LogP contribution in [0.3, 0.4) is 0 Å². The van der Waals surface area contributed by atoms with Gasteiger partial charge in [-0.3, -0.25) is 9.89 Å². The SMILES string of the molecule is Nc1cn[nH]c1NC(=O)c1cc(O)ccc1O. The summed E-state index contributed by atoms with van der Waals surface area (Å²) < 4.78 is 0. The lowest BCUT2D eigenvalue weighted by atomic mass is 10.2. The van der Waals surface area contributed by atoms with E-state index in [1.807, 2.05) is 0 Å². The number of phenols is 2. The standard InChI is InChI=1S/C10H10N4O3/c11-7-4-12-14-9(7)13-10(17)6-3-5(15)1-2-8(6)16/h1-4,15-16H,11H2,(H2,12,13,14,17). The summed E-state index contributed by atoms with van der Waals surface area (Å²) in [6, 6.07) is 3.65. The maximum atomic E-state index is 11.8. The summed E-state index contributed by atoms with van der Waals surface area (Å²) in [6.45, 7) is 0. The molecule has 0 aliphatic rings. The van der Waals surface area contributed by atoms with Gasteiger partial charge in [0.25, 0.3) is 5.91 Å². The second kappa shape index (κ2) is 4.05. The van der Waals surface area contributed by atoms with Gasteiger partial charge < -0.3 is 21.3 Å². The number of nitrogens with zero attached hydrogens (tertiary/aromatic N) is 1. The van der Waals surface area contributed by atoms with E-state index in [2.05, 4.69) is 15.5 Å². The topological polar surface area (TPSA) is 124 Å². The average molecular weight is 234 g/mol. The van der Waals surface area contributed by atoms with Crippen molar-refractivity contribution >= 4 is 17.4 Å². The molecule has 0 radical (unpaired) electrons. The van der Waals surface area contributed by atoms with E-state index in [9.17, 15) is 15.0 Å². The number of hydrogen-bond donors (Lipinski definition) is 5. The van der Waals surface area contributed by atoms with Crippen LogP contribution in [0.2, 0.25) is 0 Å². The number of nitrogens with one attached hydrogen (secondary N) is 2. The van der Waals surface area contributed by atoms with Gasteiger partial charge in [-0.15, -0.1) is 0 Å². The largest absolute Gasteiger partial charge is 0.508 e. The van der Waals surface area contributed by atoms with E-state index in [0.717, 1.165) is 6.07 Å². The lowest BCUT2D eigenvalue weighted by Crippen LogP contribution is -2.13. The Morgan fingerprint density at radius 3 is 2.82 bits per heavy atom. The van der Waals surface area contributed by atoms with Crippen molar-refractivity contribution in [3.8, 4) is 11.5 Å². The second-order valence-corrected chi connectivity index (χ2v) is 3.36. The maximum absolute atomic E-state index is 11.8. The predicted molar refractivity (Wildman–Crippen MR) is 60.7 cm³/mol. The molecular formula is C10H10N4O3. The first-order valence-electron chi connectivity index (χ1n) is 4.70. The summed E-state index contributed by atoms with van der Waals surface area (Å²) in [7, 11) is 0. The van der Waals surface area contributed by atoms with Crippen molar-refractivity contribution in [1.82, 2.24) is 10.2 Å². The first kappa shape index (κ1) is 10.8. The second-order valence-electron chi connectivity index (χ2n) is 3.36. The first-order chi connectivity index (χ1) is 8.08.